The van der Waals surface area contributed by atoms with Gasteiger partial charge in [0.2, 0.25) is 0 Å². The molecular formula is C22H22N2O2. The smallest absolute Gasteiger partial charge is 0.338 e. The molecular weight excluding hydrogens is 324 g/mol. The molecule has 1 aromatic heterocycles. The summed E-state index contributed by atoms with van der Waals surface area (Å²) in [4.78, 5) is 16.3. The van der Waals surface area contributed by atoms with E-state index in [4.69, 9.17) is 0 Å². The summed E-state index contributed by atoms with van der Waals surface area (Å²) in [5, 5.41) is 10.6. The van der Waals surface area contributed by atoms with Crippen molar-refractivity contribution in [2.45, 2.75) is 6.92 Å². The highest BCUT2D eigenvalue weighted by Gasteiger charge is 2.24. The summed E-state index contributed by atoms with van der Waals surface area (Å²) in [6, 6.07) is 7.43. The summed E-state index contributed by atoms with van der Waals surface area (Å²) in [5.74, 6) is -0.985. The molecule has 0 saturated carbocycles. The van der Waals surface area contributed by atoms with Gasteiger partial charge in [-0.3, -0.25) is 4.99 Å². The molecule has 0 amide bonds. The summed E-state index contributed by atoms with van der Waals surface area (Å²) in [6.07, 6.45) is 12.3. The molecule has 132 valence electrons. The zero-order valence-corrected chi connectivity index (χ0v) is 15.0. The van der Waals surface area contributed by atoms with Gasteiger partial charge in [-0.25, -0.2) is 4.79 Å². The Labute approximate surface area is 153 Å². The van der Waals surface area contributed by atoms with Crippen molar-refractivity contribution in [3.8, 4) is 0 Å². The molecule has 0 unspecified atom stereocenters. The molecule has 1 heterocycles. The van der Waals surface area contributed by atoms with Crippen LogP contribution in [0.25, 0.3) is 22.2 Å². The minimum absolute atomic E-state index is 0.242. The summed E-state index contributed by atoms with van der Waals surface area (Å²) >= 11 is 0. The molecule has 0 aliphatic rings. The van der Waals surface area contributed by atoms with Gasteiger partial charge in [0.05, 0.1) is 22.5 Å². The molecule has 0 radical (unpaired) electrons. The van der Waals surface area contributed by atoms with Gasteiger partial charge in [-0.05, 0) is 24.6 Å². The number of para-hydroxylation sites is 1. The molecule has 4 nitrogen and oxygen atoms in total. The van der Waals surface area contributed by atoms with Crippen LogP contribution in [0.2, 0.25) is 0 Å². The summed E-state index contributed by atoms with van der Waals surface area (Å²) in [5.41, 5.74) is 3.07. The minimum atomic E-state index is -0.985. The standard InChI is InChI=1S/C22H22N2O2/c1-5-10-16(11-6-2)21-20(22(25)26)18-13-8-9-14-19(18)24(21)17(12-7-3)15-23-4/h5-15H,1,3H2,2,4H3,(H,25,26)/b11-6-,16-10+,17-12+,23-15?. The Morgan fingerprint density at radius 1 is 1.19 bits per heavy atom. The van der Waals surface area contributed by atoms with Crippen molar-refractivity contribution < 1.29 is 9.90 Å². The second-order valence-electron chi connectivity index (χ2n) is 5.45. The number of allylic oxidation sites excluding steroid dienone is 8. The first-order valence-corrected chi connectivity index (χ1v) is 8.18. The number of carboxylic acid groups (broad SMARTS) is 1. The zero-order valence-electron chi connectivity index (χ0n) is 15.0. The van der Waals surface area contributed by atoms with E-state index in [2.05, 4.69) is 18.2 Å². The lowest BCUT2D eigenvalue weighted by Crippen LogP contribution is -2.07. The minimum Gasteiger partial charge on any atom is -0.478 e. The number of benzene rings is 1. The summed E-state index contributed by atoms with van der Waals surface area (Å²) < 4.78 is 1.89. The number of aliphatic imine (C=N–C) groups is 1. The van der Waals surface area contributed by atoms with Crippen LogP contribution >= 0.6 is 0 Å². The second-order valence-corrected chi connectivity index (χ2v) is 5.45. The van der Waals surface area contributed by atoms with E-state index in [1.54, 1.807) is 37.6 Å². The van der Waals surface area contributed by atoms with Gasteiger partial charge in [0, 0.05) is 18.6 Å². The van der Waals surface area contributed by atoms with Crippen molar-refractivity contribution in [3.05, 3.63) is 85.1 Å². The summed E-state index contributed by atoms with van der Waals surface area (Å²) in [6.45, 7) is 9.41. The van der Waals surface area contributed by atoms with Crippen molar-refractivity contribution in [1.29, 1.82) is 0 Å². The third-order valence-electron chi connectivity index (χ3n) is 3.81. The van der Waals surface area contributed by atoms with E-state index in [0.29, 0.717) is 11.1 Å². The number of hydrogen-bond donors (Lipinski definition) is 1. The fraction of sp³-hybridized carbons (Fsp3) is 0.0909. The number of carbonyl (C=O) groups is 1. The highest BCUT2D eigenvalue weighted by molar-refractivity contribution is 6.14. The number of hydrogen-bond acceptors (Lipinski definition) is 2. The Hall–Kier alpha value is -3.40. The second kappa shape index (κ2) is 8.62. The number of aromatic carboxylic acids is 1. The van der Waals surface area contributed by atoms with Gasteiger partial charge in [0.1, 0.15) is 0 Å². The van der Waals surface area contributed by atoms with E-state index in [1.807, 2.05) is 47.9 Å². The van der Waals surface area contributed by atoms with E-state index in [-0.39, 0.29) is 5.56 Å². The van der Waals surface area contributed by atoms with E-state index in [9.17, 15) is 9.90 Å². The van der Waals surface area contributed by atoms with E-state index < -0.39 is 5.97 Å². The van der Waals surface area contributed by atoms with E-state index >= 15 is 0 Å². The largest absolute Gasteiger partial charge is 0.478 e. The van der Waals surface area contributed by atoms with Crippen LogP contribution < -0.4 is 0 Å². The van der Waals surface area contributed by atoms with Crippen LogP contribution in [0.1, 0.15) is 23.0 Å². The first-order chi connectivity index (χ1) is 12.6. The Balaban J connectivity index is 3.11. The van der Waals surface area contributed by atoms with Crippen molar-refractivity contribution in [3.63, 3.8) is 0 Å². The predicted octanol–water partition coefficient (Wildman–Crippen LogP) is 5.21. The van der Waals surface area contributed by atoms with Gasteiger partial charge >= 0.3 is 5.97 Å². The van der Waals surface area contributed by atoms with Crippen LogP contribution in [0.3, 0.4) is 0 Å². The number of aromatic nitrogens is 1. The van der Waals surface area contributed by atoms with Crippen molar-refractivity contribution in [2.24, 2.45) is 4.99 Å². The molecule has 2 rings (SSSR count). The normalized spacial score (nSPS) is 13.0. The number of nitrogens with zero attached hydrogens (tertiary/aromatic N) is 2. The average Bonchev–Trinajstić information content (AvgIpc) is 2.96. The van der Waals surface area contributed by atoms with E-state index in [0.717, 1.165) is 16.8 Å². The third kappa shape index (κ3) is 3.49. The fourth-order valence-electron chi connectivity index (χ4n) is 2.95. The van der Waals surface area contributed by atoms with Crippen LogP contribution in [-0.2, 0) is 0 Å². The Morgan fingerprint density at radius 2 is 1.88 bits per heavy atom. The quantitative estimate of drug-likeness (QED) is 0.552. The van der Waals surface area contributed by atoms with Crippen LogP contribution in [0, 0.1) is 0 Å². The number of fused-ring (bicyclic) bond motifs is 1. The van der Waals surface area contributed by atoms with Crippen molar-refractivity contribution >= 4 is 34.4 Å². The molecule has 0 aliphatic carbocycles. The van der Waals surface area contributed by atoms with Gasteiger partial charge in [-0.2, -0.15) is 0 Å². The first-order valence-electron chi connectivity index (χ1n) is 8.18. The molecule has 1 N–H and O–H groups in total. The molecule has 0 bridgehead atoms. The topological polar surface area (TPSA) is 54.6 Å². The fourth-order valence-corrected chi connectivity index (χ4v) is 2.95. The highest BCUT2D eigenvalue weighted by atomic mass is 16.4. The van der Waals surface area contributed by atoms with Gasteiger partial charge < -0.3 is 9.67 Å². The third-order valence-corrected chi connectivity index (χ3v) is 3.81. The molecule has 0 atom stereocenters. The lowest BCUT2D eigenvalue weighted by molar-refractivity contribution is 0.0698. The maximum atomic E-state index is 12.1. The van der Waals surface area contributed by atoms with Gasteiger partial charge in [-0.15, -0.1) is 0 Å². The molecule has 4 heteroatoms. The number of rotatable bonds is 7. The van der Waals surface area contributed by atoms with Gasteiger partial charge in [0.15, 0.2) is 0 Å². The lowest BCUT2D eigenvalue weighted by atomic mass is 10.0. The monoisotopic (exact) mass is 346 g/mol. The highest BCUT2D eigenvalue weighted by Crippen LogP contribution is 2.34. The van der Waals surface area contributed by atoms with Crippen molar-refractivity contribution in [1.82, 2.24) is 4.57 Å². The van der Waals surface area contributed by atoms with Gasteiger partial charge in [-0.1, -0.05) is 61.7 Å². The lowest BCUT2D eigenvalue weighted by Gasteiger charge is -2.13. The SMILES string of the molecule is C=C/C=C(\C=C/C)c1c(C(=O)O)c2ccccc2n1/C(C=NC)=C/C=C. The Bertz CT molecular complexity index is 969. The molecule has 0 aliphatic heterocycles. The zero-order chi connectivity index (χ0) is 19.1. The molecule has 0 fully saturated rings. The maximum absolute atomic E-state index is 12.1. The van der Waals surface area contributed by atoms with Crippen LogP contribution in [0.15, 0.2) is 78.9 Å². The molecule has 1 aromatic carbocycles. The van der Waals surface area contributed by atoms with Gasteiger partial charge in [0.25, 0.3) is 0 Å². The molecule has 0 spiro atoms. The predicted molar refractivity (Wildman–Crippen MR) is 111 cm³/mol. The molecule has 2 aromatic rings. The Morgan fingerprint density at radius 3 is 2.46 bits per heavy atom. The maximum Gasteiger partial charge on any atom is 0.338 e. The molecule has 0 saturated heterocycles. The van der Waals surface area contributed by atoms with E-state index in [1.165, 1.54) is 0 Å². The summed E-state index contributed by atoms with van der Waals surface area (Å²) in [7, 11) is 1.67. The molecule has 26 heavy (non-hydrogen) atoms. The Kier molecular flexibility index (Phi) is 6.28. The van der Waals surface area contributed by atoms with Crippen LogP contribution in [-0.4, -0.2) is 28.9 Å². The van der Waals surface area contributed by atoms with Crippen LogP contribution in [0.4, 0.5) is 0 Å². The van der Waals surface area contributed by atoms with Crippen molar-refractivity contribution in [2.75, 3.05) is 7.05 Å². The van der Waals surface area contributed by atoms with Crippen LogP contribution in [0.5, 0.6) is 0 Å². The number of carboxylic acids is 1. The average molecular weight is 346 g/mol. The first kappa shape index (κ1) is 18.9.